The molecule has 0 bridgehead atoms. The SMILES string of the molecule is CCCCC=Cc1ccc(OC(C)=O)cc1. The lowest BCUT2D eigenvalue weighted by atomic mass is 10.1. The Kier molecular flexibility index (Phi) is 5.34. The van der Waals surface area contributed by atoms with E-state index < -0.39 is 0 Å². The van der Waals surface area contributed by atoms with Gasteiger partial charge in [-0.2, -0.15) is 0 Å². The van der Waals surface area contributed by atoms with Crippen molar-refractivity contribution in [1.82, 2.24) is 0 Å². The fraction of sp³-hybridized carbons (Fsp3) is 0.357. The van der Waals surface area contributed by atoms with Crippen LogP contribution in [0.4, 0.5) is 0 Å². The molecule has 1 aromatic rings. The van der Waals surface area contributed by atoms with Gasteiger partial charge in [0.1, 0.15) is 5.75 Å². The van der Waals surface area contributed by atoms with Crippen molar-refractivity contribution >= 4 is 12.0 Å². The summed E-state index contributed by atoms with van der Waals surface area (Å²) >= 11 is 0. The van der Waals surface area contributed by atoms with Crippen molar-refractivity contribution in [1.29, 1.82) is 0 Å². The molecule has 0 unspecified atom stereocenters. The van der Waals surface area contributed by atoms with Gasteiger partial charge in [-0.1, -0.05) is 44.1 Å². The van der Waals surface area contributed by atoms with Crippen molar-refractivity contribution in [2.24, 2.45) is 0 Å². The van der Waals surface area contributed by atoms with Crippen molar-refractivity contribution in [2.45, 2.75) is 33.1 Å². The van der Waals surface area contributed by atoms with Crippen LogP contribution in [0.1, 0.15) is 38.7 Å². The number of hydrogen-bond donors (Lipinski definition) is 0. The number of carbonyl (C=O) groups is 1. The molecule has 0 aliphatic rings. The first-order valence-corrected chi connectivity index (χ1v) is 5.67. The van der Waals surface area contributed by atoms with E-state index in [-0.39, 0.29) is 5.97 Å². The third-order valence-electron chi connectivity index (χ3n) is 2.18. The zero-order valence-corrected chi connectivity index (χ0v) is 9.90. The summed E-state index contributed by atoms with van der Waals surface area (Å²) in [5, 5.41) is 0. The Labute approximate surface area is 96.9 Å². The van der Waals surface area contributed by atoms with E-state index in [0.717, 1.165) is 12.0 Å². The molecule has 0 saturated heterocycles. The number of hydrogen-bond acceptors (Lipinski definition) is 2. The van der Waals surface area contributed by atoms with E-state index in [0.29, 0.717) is 5.75 Å². The standard InChI is InChI=1S/C14H18O2/c1-3-4-5-6-7-13-8-10-14(11-9-13)16-12(2)15/h6-11H,3-5H2,1-2H3. The quantitative estimate of drug-likeness (QED) is 0.426. The Morgan fingerprint density at radius 2 is 2.00 bits per heavy atom. The summed E-state index contributed by atoms with van der Waals surface area (Å²) in [6, 6.07) is 7.50. The second kappa shape index (κ2) is 6.83. The summed E-state index contributed by atoms with van der Waals surface area (Å²) in [6.07, 6.45) is 7.82. The minimum Gasteiger partial charge on any atom is -0.427 e. The van der Waals surface area contributed by atoms with Crippen LogP contribution in [-0.4, -0.2) is 5.97 Å². The summed E-state index contributed by atoms with van der Waals surface area (Å²) < 4.78 is 4.95. The number of rotatable bonds is 5. The van der Waals surface area contributed by atoms with Crippen LogP contribution in [0.3, 0.4) is 0 Å². The zero-order chi connectivity index (χ0) is 11.8. The van der Waals surface area contributed by atoms with Crippen LogP contribution in [-0.2, 0) is 4.79 Å². The molecule has 1 aromatic carbocycles. The Bertz CT molecular complexity index is 350. The lowest BCUT2D eigenvalue weighted by Gasteiger charge is -2.00. The van der Waals surface area contributed by atoms with Gasteiger partial charge in [-0.25, -0.2) is 0 Å². The largest absolute Gasteiger partial charge is 0.427 e. The van der Waals surface area contributed by atoms with Crippen LogP contribution >= 0.6 is 0 Å². The van der Waals surface area contributed by atoms with Crippen molar-refractivity contribution < 1.29 is 9.53 Å². The van der Waals surface area contributed by atoms with Gasteiger partial charge in [0.15, 0.2) is 0 Å². The highest BCUT2D eigenvalue weighted by Crippen LogP contribution is 2.13. The molecule has 0 saturated carbocycles. The predicted molar refractivity (Wildman–Crippen MR) is 66.3 cm³/mol. The van der Waals surface area contributed by atoms with Gasteiger partial charge >= 0.3 is 5.97 Å². The number of allylic oxidation sites excluding steroid dienone is 1. The molecule has 0 aliphatic carbocycles. The maximum absolute atomic E-state index is 10.7. The van der Waals surface area contributed by atoms with E-state index in [1.165, 1.54) is 19.8 Å². The van der Waals surface area contributed by atoms with Gasteiger partial charge in [0.05, 0.1) is 0 Å². The fourth-order valence-electron chi connectivity index (χ4n) is 1.35. The highest BCUT2D eigenvalue weighted by molar-refractivity contribution is 5.69. The molecule has 16 heavy (non-hydrogen) atoms. The van der Waals surface area contributed by atoms with E-state index >= 15 is 0 Å². The van der Waals surface area contributed by atoms with E-state index in [9.17, 15) is 4.79 Å². The van der Waals surface area contributed by atoms with E-state index in [4.69, 9.17) is 4.74 Å². The van der Waals surface area contributed by atoms with Crippen LogP contribution in [0, 0.1) is 0 Å². The molecule has 1 rings (SSSR count). The number of carbonyl (C=O) groups excluding carboxylic acids is 1. The molecule has 86 valence electrons. The molecule has 0 spiro atoms. The Morgan fingerprint density at radius 3 is 2.56 bits per heavy atom. The van der Waals surface area contributed by atoms with Crippen molar-refractivity contribution in [3.63, 3.8) is 0 Å². The molecule has 2 nitrogen and oxygen atoms in total. The van der Waals surface area contributed by atoms with E-state index in [2.05, 4.69) is 19.1 Å². The lowest BCUT2D eigenvalue weighted by Crippen LogP contribution is -2.00. The molecule has 0 aliphatic heterocycles. The molecule has 0 fully saturated rings. The van der Waals surface area contributed by atoms with Crippen molar-refractivity contribution in [2.75, 3.05) is 0 Å². The Morgan fingerprint density at radius 1 is 1.31 bits per heavy atom. The molecule has 0 heterocycles. The molecule has 0 aromatic heterocycles. The summed E-state index contributed by atoms with van der Waals surface area (Å²) in [5.41, 5.74) is 1.13. The minimum atomic E-state index is -0.286. The van der Waals surface area contributed by atoms with Crippen LogP contribution in [0.25, 0.3) is 6.08 Å². The molecule has 0 N–H and O–H groups in total. The smallest absolute Gasteiger partial charge is 0.308 e. The van der Waals surface area contributed by atoms with Crippen LogP contribution < -0.4 is 4.74 Å². The fourth-order valence-corrected chi connectivity index (χ4v) is 1.35. The second-order valence-electron chi connectivity index (χ2n) is 3.71. The summed E-state index contributed by atoms with van der Waals surface area (Å²) in [6.45, 7) is 3.58. The van der Waals surface area contributed by atoms with Crippen LogP contribution in [0.5, 0.6) is 5.75 Å². The summed E-state index contributed by atoms with van der Waals surface area (Å²) in [4.78, 5) is 10.7. The zero-order valence-electron chi connectivity index (χ0n) is 9.90. The molecule has 2 heteroatoms. The monoisotopic (exact) mass is 218 g/mol. The maximum atomic E-state index is 10.7. The number of benzene rings is 1. The second-order valence-corrected chi connectivity index (χ2v) is 3.71. The van der Waals surface area contributed by atoms with Gasteiger partial charge in [-0.05, 0) is 24.1 Å². The van der Waals surface area contributed by atoms with Crippen LogP contribution in [0.15, 0.2) is 30.3 Å². The molecule has 0 radical (unpaired) electrons. The number of unbranched alkanes of at least 4 members (excludes halogenated alkanes) is 2. The number of ether oxygens (including phenoxy) is 1. The maximum Gasteiger partial charge on any atom is 0.308 e. The van der Waals surface area contributed by atoms with Crippen molar-refractivity contribution in [3.8, 4) is 5.75 Å². The van der Waals surface area contributed by atoms with Gasteiger partial charge in [0.2, 0.25) is 0 Å². The molecular weight excluding hydrogens is 200 g/mol. The Balaban J connectivity index is 2.50. The summed E-state index contributed by atoms with van der Waals surface area (Å²) in [5.74, 6) is 0.310. The number of esters is 1. The molecule has 0 amide bonds. The van der Waals surface area contributed by atoms with Crippen LogP contribution in [0.2, 0.25) is 0 Å². The third-order valence-corrected chi connectivity index (χ3v) is 2.18. The van der Waals surface area contributed by atoms with Gasteiger partial charge in [0.25, 0.3) is 0 Å². The van der Waals surface area contributed by atoms with E-state index in [1.54, 1.807) is 12.1 Å². The summed E-state index contributed by atoms with van der Waals surface area (Å²) in [7, 11) is 0. The van der Waals surface area contributed by atoms with Gasteiger partial charge in [-0.3, -0.25) is 4.79 Å². The third kappa shape index (κ3) is 4.78. The van der Waals surface area contributed by atoms with Gasteiger partial charge in [0, 0.05) is 6.92 Å². The minimum absolute atomic E-state index is 0.286. The topological polar surface area (TPSA) is 26.3 Å². The highest BCUT2D eigenvalue weighted by atomic mass is 16.5. The highest BCUT2D eigenvalue weighted by Gasteiger charge is 1.96. The van der Waals surface area contributed by atoms with Gasteiger partial charge in [-0.15, -0.1) is 0 Å². The van der Waals surface area contributed by atoms with Crippen molar-refractivity contribution in [3.05, 3.63) is 35.9 Å². The average molecular weight is 218 g/mol. The predicted octanol–water partition coefficient (Wildman–Crippen LogP) is 3.82. The normalized spacial score (nSPS) is 10.6. The average Bonchev–Trinajstić information content (AvgIpc) is 2.26. The van der Waals surface area contributed by atoms with Gasteiger partial charge < -0.3 is 4.74 Å². The first-order valence-electron chi connectivity index (χ1n) is 5.67. The first-order chi connectivity index (χ1) is 7.72. The lowest BCUT2D eigenvalue weighted by molar-refractivity contribution is -0.131. The van der Waals surface area contributed by atoms with E-state index in [1.807, 2.05) is 12.1 Å². The first kappa shape index (κ1) is 12.5. The Hall–Kier alpha value is -1.57. The molecular formula is C14H18O2. The molecule has 0 atom stereocenters.